The van der Waals surface area contributed by atoms with Gasteiger partial charge in [0.15, 0.2) is 0 Å². The van der Waals surface area contributed by atoms with Crippen LogP contribution >= 0.6 is 0 Å². The number of nitrogens with two attached hydrogens (primary N) is 1. The van der Waals surface area contributed by atoms with Crippen LogP contribution in [0.2, 0.25) is 0 Å². The first-order chi connectivity index (χ1) is 10.5. The van der Waals surface area contributed by atoms with Crippen molar-refractivity contribution in [2.24, 2.45) is 5.73 Å². The number of methoxy groups -OCH3 is 1. The Morgan fingerprint density at radius 2 is 2.05 bits per heavy atom. The third-order valence-electron chi connectivity index (χ3n) is 3.80. The van der Waals surface area contributed by atoms with E-state index in [2.05, 4.69) is 43.2 Å². The van der Waals surface area contributed by atoms with E-state index in [-0.39, 0.29) is 12.0 Å². The number of hydrogen-bond acceptors (Lipinski definition) is 4. The van der Waals surface area contributed by atoms with Crippen molar-refractivity contribution in [1.82, 2.24) is 10.2 Å². The zero-order chi connectivity index (χ0) is 16.5. The van der Waals surface area contributed by atoms with E-state index in [9.17, 15) is 4.79 Å². The van der Waals surface area contributed by atoms with Gasteiger partial charge in [-0.15, -0.1) is 0 Å². The Bertz CT molecular complexity index is 459. The number of carbonyl (C=O) groups excluding carboxylic acids is 1. The van der Waals surface area contributed by atoms with Crippen LogP contribution < -0.4 is 11.1 Å². The van der Waals surface area contributed by atoms with E-state index in [1.165, 1.54) is 5.56 Å². The van der Waals surface area contributed by atoms with E-state index in [0.29, 0.717) is 25.6 Å². The maximum absolute atomic E-state index is 11.8. The number of hydrogen-bond donors (Lipinski definition) is 2. The minimum atomic E-state index is -0.217. The monoisotopic (exact) mass is 307 g/mol. The predicted octanol–water partition coefficient (Wildman–Crippen LogP) is 1.51. The van der Waals surface area contributed by atoms with Crippen LogP contribution in [-0.4, -0.2) is 43.7 Å². The number of carbonyl (C=O) groups is 1. The van der Waals surface area contributed by atoms with E-state index in [1.807, 2.05) is 12.1 Å². The Balaban J connectivity index is 2.51. The third kappa shape index (κ3) is 6.56. The molecule has 1 aromatic carbocycles. The molecule has 0 aromatic heterocycles. The first-order valence-corrected chi connectivity index (χ1v) is 7.73. The SMILES string of the molecule is COC(CN)CC(=O)NCc1cccc(CN(C)C(C)C)c1. The molecule has 0 fully saturated rings. The smallest absolute Gasteiger partial charge is 0.222 e. The lowest BCUT2D eigenvalue weighted by atomic mass is 10.1. The highest BCUT2D eigenvalue weighted by molar-refractivity contribution is 5.76. The molecular weight excluding hydrogens is 278 g/mol. The number of rotatable bonds is 9. The number of ether oxygens (including phenoxy) is 1. The molecule has 0 aliphatic rings. The van der Waals surface area contributed by atoms with E-state index in [0.717, 1.165) is 12.1 Å². The van der Waals surface area contributed by atoms with Crippen molar-refractivity contribution in [3.8, 4) is 0 Å². The zero-order valence-electron chi connectivity index (χ0n) is 14.1. The minimum Gasteiger partial charge on any atom is -0.380 e. The maximum Gasteiger partial charge on any atom is 0.222 e. The van der Waals surface area contributed by atoms with E-state index in [4.69, 9.17) is 10.5 Å². The number of amides is 1. The average Bonchev–Trinajstić information content (AvgIpc) is 2.50. The molecule has 0 aliphatic carbocycles. The lowest BCUT2D eigenvalue weighted by molar-refractivity contribution is -0.123. The van der Waals surface area contributed by atoms with Gasteiger partial charge in [-0.2, -0.15) is 0 Å². The summed E-state index contributed by atoms with van der Waals surface area (Å²) in [5.74, 6) is -0.0398. The molecule has 1 atom stereocenters. The van der Waals surface area contributed by atoms with Crippen molar-refractivity contribution in [2.45, 2.75) is 45.5 Å². The fourth-order valence-electron chi connectivity index (χ4n) is 2.05. The summed E-state index contributed by atoms with van der Waals surface area (Å²) in [5, 5.41) is 2.91. The number of nitrogens with one attached hydrogen (secondary N) is 1. The molecule has 0 heterocycles. The van der Waals surface area contributed by atoms with Gasteiger partial charge in [0.1, 0.15) is 0 Å². The topological polar surface area (TPSA) is 67.6 Å². The minimum absolute atomic E-state index is 0.0398. The normalized spacial score (nSPS) is 12.7. The second kappa shape index (κ2) is 9.56. The van der Waals surface area contributed by atoms with Crippen molar-refractivity contribution in [3.63, 3.8) is 0 Å². The molecule has 0 spiro atoms. The highest BCUT2D eigenvalue weighted by atomic mass is 16.5. The second-order valence-electron chi connectivity index (χ2n) is 5.90. The summed E-state index contributed by atoms with van der Waals surface area (Å²) in [5.41, 5.74) is 7.87. The Hall–Kier alpha value is -1.43. The molecule has 0 aliphatic heterocycles. The van der Waals surface area contributed by atoms with Gasteiger partial charge in [0.2, 0.25) is 5.91 Å². The maximum atomic E-state index is 11.8. The molecule has 1 amide bonds. The Morgan fingerprint density at radius 1 is 1.36 bits per heavy atom. The molecule has 5 heteroatoms. The van der Waals surface area contributed by atoms with Crippen molar-refractivity contribution in [3.05, 3.63) is 35.4 Å². The van der Waals surface area contributed by atoms with Crippen molar-refractivity contribution < 1.29 is 9.53 Å². The standard InChI is InChI=1S/C17H29N3O2/c1-13(2)20(3)12-15-7-5-6-14(8-15)11-19-17(21)9-16(10-18)22-4/h5-8,13,16H,9-12,18H2,1-4H3,(H,19,21). The first kappa shape index (κ1) is 18.6. The van der Waals surface area contributed by atoms with E-state index >= 15 is 0 Å². The van der Waals surface area contributed by atoms with Gasteiger partial charge in [-0.05, 0) is 32.0 Å². The highest BCUT2D eigenvalue weighted by Gasteiger charge is 2.11. The molecule has 0 saturated heterocycles. The fourth-order valence-corrected chi connectivity index (χ4v) is 2.05. The lowest BCUT2D eigenvalue weighted by Gasteiger charge is -2.21. The van der Waals surface area contributed by atoms with Gasteiger partial charge in [0.25, 0.3) is 0 Å². The molecule has 124 valence electrons. The van der Waals surface area contributed by atoms with E-state index in [1.54, 1.807) is 7.11 Å². The average molecular weight is 307 g/mol. The van der Waals surface area contributed by atoms with Crippen LogP contribution in [0, 0.1) is 0 Å². The van der Waals surface area contributed by atoms with Gasteiger partial charge in [0, 0.05) is 32.8 Å². The molecule has 5 nitrogen and oxygen atoms in total. The zero-order valence-corrected chi connectivity index (χ0v) is 14.1. The molecule has 3 N–H and O–H groups in total. The van der Waals surface area contributed by atoms with E-state index < -0.39 is 0 Å². The van der Waals surface area contributed by atoms with Crippen LogP contribution in [0.25, 0.3) is 0 Å². The predicted molar refractivity (Wildman–Crippen MR) is 89.4 cm³/mol. The largest absolute Gasteiger partial charge is 0.380 e. The van der Waals surface area contributed by atoms with Gasteiger partial charge in [-0.3, -0.25) is 9.69 Å². The Kier molecular flexibility index (Phi) is 8.09. The van der Waals surface area contributed by atoms with Crippen molar-refractivity contribution in [1.29, 1.82) is 0 Å². The van der Waals surface area contributed by atoms with Gasteiger partial charge in [0.05, 0.1) is 12.5 Å². The van der Waals surface area contributed by atoms with Crippen LogP contribution in [0.4, 0.5) is 0 Å². The van der Waals surface area contributed by atoms with Crippen LogP contribution in [0.5, 0.6) is 0 Å². The second-order valence-corrected chi connectivity index (χ2v) is 5.90. The molecule has 0 saturated carbocycles. The molecule has 22 heavy (non-hydrogen) atoms. The first-order valence-electron chi connectivity index (χ1n) is 7.73. The molecule has 0 radical (unpaired) electrons. The van der Waals surface area contributed by atoms with Gasteiger partial charge in [-0.25, -0.2) is 0 Å². The van der Waals surface area contributed by atoms with Gasteiger partial charge < -0.3 is 15.8 Å². The summed E-state index contributed by atoms with van der Waals surface area (Å²) in [6.45, 7) is 6.12. The number of nitrogens with zero attached hydrogens (tertiary/aromatic N) is 1. The molecule has 1 rings (SSSR count). The Labute approximate surface area is 133 Å². The van der Waals surface area contributed by atoms with Gasteiger partial charge >= 0.3 is 0 Å². The summed E-state index contributed by atoms with van der Waals surface area (Å²) in [6, 6.07) is 8.80. The summed E-state index contributed by atoms with van der Waals surface area (Å²) in [7, 11) is 3.68. The number of benzene rings is 1. The third-order valence-corrected chi connectivity index (χ3v) is 3.80. The van der Waals surface area contributed by atoms with Gasteiger partial charge in [-0.1, -0.05) is 24.3 Å². The molecule has 1 unspecified atom stereocenters. The summed E-state index contributed by atoms with van der Waals surface area (Å²) >= 11 is 0. The highest BCUT2D eigenvalue weighted by Crippen LogP contribution is 2.09. The van der Waals surface area contributed by atoms with Crippen molar-refractivity contribution in [2.75, 3.05) is 20.7 Å². The molecule has 1 aromatic rings. The molecular formula is C17H29N3O2. The van der Waals surface area contributed by atoms with Crippen LogP contribution in [0.3, 0.4) is 0 Å². The molecule has 0 bridgehead atoms. The summed E-state index contributed by atoms with van der Waals surface area (Å²) in [4.78, 5) is 14.1. The Morgan fingerprint density at radius 3 is 2.64 bits per heavy atom. The van der Waals surface area contributed by atoms with Crippen LogP contribution in [0.15, 0.2) is 24.3 Å². The lowest BCUT2D eigenvalue weighted by Crippen LogP contribution is -2.32. The fraction of sp³-hybridized carbons (Fsp3) is 0.588. The summed E-state index contributed by atoms with van der Waals surface area (Å²) in [6.07, 6.45) is 0.0778. The van der Waals surface area contributed by atoms with Crippen LogP contribution in [-0.2, 0) is 22.6 Å². The quantitative estimate of drug-likeness (QED) is 0.725. The van der Waals surface area contributed by atoms with Crippen LogP contribution in [0.1, 0.15) is 31.4 Å². The summed E-state index contributed by atoms with van der Waals surface area (Å²) < 4.78 is 5.12. The van der Waals surface area contributed by atoms with Crippen molar-refractivity contribution >= 4 is 5.91 Å².